The van der Waals surface area contributed by atoms with Crippen LogP contribution in [-0.4, -0.2) is 20.7 Å². The van der Waals surface area contributed by atoms with Gasteiger partial charge in [0.1, 0.15) is 0 Å². The molecule has 0 bridgehead atoms. The van der Waals surface area contributed by atoms with E-state index in [1.807, 2.05) is 29.1 Å². The van der Waals surface area contributed by atoms with Crippen molar-refractivity contribution in [3.8, 4) is 0 Å². The van der Waals surface area contributed by atoms with Crippen LogP contribution in [0.25, 0.3) is 0 Å². The third-order valence-electron chi connectivity index (χ3n) is 3.20. The third kappa shape index (κ3) is 4.02. The molecule has 0 atom stereocenters. The van der Waals surface area contributed by atoms with Crippen LogP contribution in [0.2, 0.25) is 0 Å². The van der Waals surface area contributed by atoms with Crippen molar-refractivity contribution < 1.29 is 4.79 Å². The van der Waals surface area contributed by atoms with Crippen molar-refractivity contribution in [3.05, 3.63) is 70.4 Å². The first-order valence-corrected chi connectivity index (χ1v) is 7.87. The lowest BCUT2D eigenvalue weighted by Gasteiger charge is -2.07. The number of carbonyl (C=O) groups is 1. The van der Waals surface area contributed by atoms with Gasteiger partial charge in [0.15, 0.2) is 0 Å². The molecule has 2 heterocycles. The van der Waals surface area contributed by atoms with Gasteiger partial charge in [0.05, 0.1) is 18.5 Å². The first-order chi connectivity index (χ1) is 10.8. The molecule has 112 valence electrons. The van der Waals surface area contributed by atoms with Gasteiger partial charge in [-0.3, -0.25) is 14.5 Å². The van der Waals surface area contributed by atoms with Gasteiger partial charge in [0.25, 0.3) is 0 Å². The van der Waals surface area contributed by atoms with Crippen LogP contribution >= 0.6 is 11.3 Å². The Morgan fingerprint density at radius 2 is 2.18 bits per heavy atom. The average molecular weight is 312 g/mol. The maximum absolute atomic E-state index is 11.9. The molecule has 1 aromatic carbocycles. The van der Waals surface area contributed by atoms with E-state index in [-0.39, 0.29) is 5.91 Å². The summed E-state index contributed by atoms with van der Waals surface area (Å²) in [5, 5.41) is 7.14. The average Bonchev–Trinajstić information content (AvgIpc) is 3.19. The zero-order valence-electron chi connectivity index (χ0n) is 12.0. The molecule has 0 unspecified atom stereocenters. The standard InChI is InChI=1S/C16H16N4OS/c21-16(8-15-10-17-12-22-15)18-9-13-3-1-4-14(7-13)11-20-6-2-5-19-20/h1-7,10,12H,8-9,11H2,(H,18,21). The van der Waals surface area contributed by atoms with E-state index < -0.39 is 0 Å². The second-order valence-electron chi connectivity index (χ2n) is 4.94. The number of carbonyl (C=O) groups excluding carboxylic acids is 1. The molecule has 2 aromatic heterocycles. The van der Waals surface area contributed by atoms with Crippen molar-refractivity contribution in [2.75, 3.05) is 0 Å². The molecule has 0 saturated carbocycles. The van der Waals surface area contributed by atoms with Crippen molar-refractivity contribution >= 4 is 17.2 Å². The number of amides is 1. The van der Waals surface area contributed by atoms with E-state index in [0.717, 1.165) is 22.5 Å². The Balaban J connectivity index is 1.55. The summed E-state index contributed by atoms with van der Waals surface area (Å²) in [6.45, 7) is 1.26. The summed E-state index contributed by atoms with van der Waals surface area (Å²) >= 11 is 1.50. The van der Waals surface area contributed by atoms with Gasteiger partial charge in [0.2, 0.25) is 5.91 Å². The van der Waals surface area contributed by atoms with Crippen molar-refractivity contribution in [1.82, 2.24) is 20.1 Å². The first-order valence-electron chi connectivity index (χ1n) is 6.99. The van der Waals surface area contributed by atoms with Crippen LogP contribution < -0.4 is 5.32 Å². The Labute approximate surface area is 132 Å². The van der Waals surface area contributed by atoms with Crippen LogP contribution in [0.1, 0.15) is 16.0 Å². The number of hydrogen-bond acceptors (Lipinski definition) is 4. The number of aromatic nitrogens is 3. The van der Waals surface area contributed by atoms with Gasteiger partial charge < -0.3 is 5.32 Å². The fourth-order valence-electron chi connectivity index (χ4n) is 2.17. The minimum Gasteiger partial charge on any atom is -0.352 e. The molecule has 6 heteroatoms. The van der Waals surface area contributed by atoms with E-state index in [1.165, 1.54) is 11.3 Å². The Kier molecular flexibility index (Phi) is 4.60. The number of benzene rings is 1. The van der Waals surface area contributed by atoms with E-state index >= 15 is 0 Å². The lowest BCUT2D eigenvalue weighted by Crippen LogP contribution is -2.24. The Hall–Kier alpha value is -2.47. The number of nitrogens with zero attached hydrogens (tertiary/aromatic N) is 3. The Morgan fingerprint density at radius 3 is 2.95 bits per heavy atom. The summed E-state index contributed by atoms with van der Waals surface area (Å²) < 4.78 is 1.88. The van der Waals surface area contributed by atoms with Crippen LogP contribution in [0.5, 0.6) is 0 Å². The maximum Gasteiger partial charge on any atom is 0.225 e. The van der Waals surface area contributed by atoms with Crippen molar-refractivity contribution in [1.29, 1.82) is 0 Å². The highest BCUT2D eigenvalue weighted by Crippen LogP contribution is 2.08. The minimum atomic E-state index is 0.0155. The van der Waals surface area contributed by atoms with Gasteiger partial charge in [-0.2, -0.15) is 5.10 Å². The molecular weight excluding hydrogens is 296 g/mol. The molecule has 22 heavy (non-hydrogen) atoms. The largest absolute Gasteiger partial charge is 0.352 e. The Bertz CT molecular complexity index is 722. The molecule has 0 radical (unpaired) electrons. The fraction of sp³-hybridized carbons (Fsp3) is 0.188. The van der Waals surface area contributed by atoms with Gasteiger partial charge in [0, 0.05) is 30.0 Å². The van der Waals surface area contributed by atoms with E-state index in [9.17, 15) is 4.79 Å². The molecule has 3 aromatic rings. The zero-order valence-corrected chi connectivity index (χ0v) is 12.8. The third-order valence-corrected chi connectivity index (χ3v) is 3.98. The van der Waals surface area contributed by atoms with Crippen molar-refractivity contribution in [2.24, 2.45) is 0 Å². The van der Waals surface area contributed by atoms with Crippen LogP contribution in [0, 0.1) is 0 Å². The van der Waals surface area contributed by atoms with Gasteiger partial charge >= 0.3 is 0 Å². The molecule has 0 aliphatic rings. The van der Waals surface area contributed by atoms with E-state index in [2.05, 4.69) is 27.5 Å². The second-order valence-corrected chi connectivity index (χ2v) is 5.92. The molecule has 0 spiro atoms. The predicted molar refractivity (Wildman–Crippen MR) is 85.4 cm³/mol. The Morgan fingerprint density at radius 1 is 1.27 bits per heavy atom. The number of hydrogen-bond donors (Lipinski definition) is 1. The summed E-state index contributed by atoms with van der Waals surface area (Å²) in [6, 6.07) is 10.1. The molecule has 3 rings (SSSR count). The summed E-state index contributed by atoms with van der Waals surface area (Å²) in [5.74, 6) is 0.0155. The molecule has 0 aliphatic carbocycles. The van der Waals surface area contributed by atoms with Crippen LogP contribution in [-0.2, 0) is 24.3 Å². The maximum atomic E-state index is 11.9. The van der Waals surface area contributed by atoms with Crippen LogP contribution in [0.4, 0.5) is 0 Å². The molecule has 0 fully saturated rings. The van der Waals surface area contributed by atoms with E-state index in [0.29, 0.717) is 13.0 Å². The second kappa shape index (κ2) is 7.00. The highest BCUT2D eigenvalue weighted by molar-refractivity contribution is 7.09. The van der Waals surface area contributed by atoms with Gasteiger partial charge in [-0.05, 0) is 17.2 Å². The van der Waals surface area contributed by atoms with Gasteiger partial charge in [-0.15, -0.1) is 11.3 Å². The predicted octanol–water partition coefficient (Wildman–Crippen LogP) is 2.25. The quantitative estimate of drug-likeness (QED) is 0.759. The monoisotopic (exact) mass is 312 g/mol. The zero-order chi connectivity index (χ0) is 15.2. The first kappa shape index (κ1) is 14.5. The SMILES string of the molecule is O=C(Cc1cncs1)NCc1cccc(Cn2cccn2)c1. The number of thiazole rings is 1. The smallest absolute Gasteiger partial charge is 0.225 e. The van der Waals surface area contributed by atoms with Gasteiger partial charge in [-0.25, -0.2) is 0 Å². The molecule has 1 N–H and O–H groups in total. The van der Waals surface area contributed by atoms with E-state index in [1.54, 1.807) is 17.9 Å². The fourth-order valence-corrected chi connectivity index (χ4v) is 2.76. The molecule has 5 nitrogen and oxygen atoms in total. The van der Waals surface area contributed by atoms with Gasteiger partial charge in [-0.1, -0.05) is 24.3 Å². The minimum absolute atomic E-state index is 0.0155. The highest BCUT2D eigenvalue weighted by atomic mass is 32.1. The van der Waals surface area contributed by atoms with Crippen molar-refractivity contribution in [3.63, 3.8) is 0 Å². The molecule has 0 aliphatic heterocycles. The molecule has 1 amide bonds. The lowest BCUT2D eigenvalue weighted by atomic mass is 10.1. The highest BCUT2D eigenvalue weighted by Gasteiger charge is 2.05. The summed E-state index contributed by atoms with van der Waals surface area (Å²) in [4.78, 5) is 16.8. The van der Waals surface area contributed by atoms with Crippen LogP contribution in [0.15, 0.2) is 54.4 Å². The summed E-state index contributed by atoms with van der Waals surface area (Å²) in [7, 11) is 0. The molecule has 0 saturated heterocycles. The lowest BCUT2D eigenvalue weighted by molar-refractivity contribution is -0.120. The normalized spacial score (nSPS) is 10.5. The topological polar surface area (TPSA) is 59.8 Å². The van der Waals surface area contributed by atoms with Crippen molar-refractivity contribution in [2.45, 2.75) is 19.5 Å². The summed E-state index contributed by atoms with van der Waals surface area (Å²) in [6.07, 6.45) is 5.82. The molecular formula is C16H16N4OS. The number of nitrogens with one attached hydrogen (secondary N) is 1. The number of rotatable bonds is 6. The van der Waals surface area contributed by atoms with Crippen LogP contribution in [0.3, 0.4) is 0 Å². The van der Waals surface area contributed by atoms with E-state index in [4.69, 9.17) is 0 Å². The summed E-state index contributed by atoms with van der Waals surface area (Å²) in [5.41, 5.74) is 3.99.